The second-order valence-corrected chi connectivity index (χ2v) is 4.96. The van der Waals surface area contributed by atoms with Gasteiger partial charge in [0.05, 0.1) is 17.4 Å². The van der Waals surface area contributed by atoms with Gasteiger partial charge in [-0.25, -0.2) is 0 Å². The Morgan fingerprint density at radius 3 is 3.00 bits per heavy atom. The van der Waals surface area contributed by atoms with Crippen molar-refractivity contribution in [3.63, 3.8) is 0 Å². The van der Waals surface area contributed by atoms with Crippen molar-refractivity contribution in [2.75, 3.05) is 11.1 Å². The van der Waals surface area contributed by atoms with Gasteiger partial charge in [-0.05, 0) is 28.1 Å². The van der Waals surface area contributed by atoms with Crippen LogP contribution in [0.4, 0.5) is 11.5 Å². The maximum absolute atomic E-state index is 5.74. The summed E-state index contributed by atoms with van der Waals surface area (Å²) in [5, 5.41) is 9.88. The molecule has 0 aliphatic carbocycles. The van der Waals surface area contributed by atoms with Crippen molar-refractivity contribution in [3.8, 4) is 0 Å². The highest BCUT2D eigenvalue weighted by Gasteiger charge is 2.05. The summed E-state index contributed by atoms with van der Waals surface area (Å²) >= 11 is 3.39. The Balaban J connectivity index is 1.91. The van der Waals surface area contributed by atoms with E-state index in [1.165, 1.54) is 0 Å². The van der Waals surface area contributed by atoms with Crippen LogP contribution in [0.25, 0.3) is 11.0 Å². The minimum Gasteiger partial charge on any atom is -0.384 e. The second-order valence-electron chi connectivity index (χ2n) is 4.04. The first-order valence-corrected chi connectivity index (χ1v) is 6.45. The molecule has 3 aromatic rings. The van der Waals surface area contributed by atoms with Crippen molar-refractivity contribution < 1.29 is 0 Å². The Bertz CT molecular complexity index is 723. The van der Waals surface area contributed by atoms with Crippen molar-refractivity contribution in [3.05, 3.63) is 40.8 Å². The number of hydrogen-bond acceptors (Lipinski definition) is 5. The van der Waals surface area contributed by atoms with E-state index in [1.807, 2.05) is 12.1 Å². The second kappa shape index (κ2) is 4.85. The number of aromatic nitrogens is 4. The molecule has 0 unspecified atom stereocenters. The molecule has 0 spiro atoms. The molecule has 3 rings (SSSR count). The van der Waals surface area contributed by atoms with Gasteiger partial charge in [0.25, 0.3) is 0 Å². The fourth-order valence-corrected chi connectivity index (χ4v) is 2.12. The molecule has 0 aromatic carbocycles. The molecule has 0 fully saturated rings. The van der Waals surface area contributed by atoms with Crippen LogP contribution in [-0.2, 0) is 6.54 Å². The maximum Gasteiger partial charge on any atom is 0.123 e. The van der Waals surface area contributed by atoms with Gasteiger partial charge in [-0.1, -0.05) is 0 Å². The molecule has 0 atom stereocenters. The molecular weight excluding hydrogens is 308 g/mol. The molecule has 3 aromatic heterocycles. The standard InChI is InChI=1S/C12H11BrN6/c13-8-3-10-11(17-6-8)9(1-2-15-10)16-4-7-5-18-19-12(7)14/h1-3,5-6H,4H2,(H,15,16)(H3,14,18,19). The van der Waals surface area contributed by atoms with Crippen LogP contribution in [-0.4, -0.2) is 20.2 Å². The smallest absolute Gasteiger partial charge is 0.123 e. The Kier molecular flexibility index (Phi) is 3.04. The Labute approximate surface area is 117 Å². The van der Waals surface area contributed by atoms with Crippen LogP contribution in [0.15, 0.2) is 35.2 Å². The lowest BCUT2D eigenvalue weighted by atomic mass is 10.2. The van der Waals surface area contributed by atoms with Crippen LogP contribution in [0.1, 0.15) is 5.56 Å². The molecule has 0 saturated carbocycles. The van der Waals surface area contributed by atoms with Crippen molar-refractivity contribution >= 4 is 38.5 Å². The quantitative estimate of drug-likeness (QED) is 0.689. The monoisotopic (exact) mass is 318 g/mol. The van der Waals surface area contributed by atoms with Gasteiger partial charge in [0.15, 0.2) is 0 Å². The predicted octanol–water partition coefficient (Wildman–Crippen LogP) is 2.31. The number of aromatic amines is 1. The SMILES string of the molecule is Nc1[nH]ncc1CNc1ccnc2cc(Br)cnc12. The topological polar surface area (TPSA) is 92.5 Å². The van der Waals surface area contributed by atoms with Crippen molar-refractivity contribution in [1.82, 2.24) is 20.2 Å². The molecule has 4 N–H and O–H groups in total. The van der Waals surface area contributed by atoms with Gasteiger partial charge < -0.3 is 11.1 Å². The third-order valence-corrected chi connectivity index (χ3v) is 3.20. The minimum absolute atomic E-state index is 0.571. The number of anilines is 2. The van der Waals surface area contributed by atoms with E-state index < -0.39 is 0 Å². The first-order valence-electron chi connectivity index (χ1n) is 5.66. The number of H-pyrrole nitrogens is 1. The summed E-state index contributed by atoms with van der Waals surface area (Å²) in [6.07, 6.45) is 5.20. The molecule has 7 heteroatoms. The Morgan fingerprint density at radius 1 is 1.32 bits per heavy atom. The summed E-state index contributed by atoms with van der Waals surface area (Å²) in [5.74, 6) is 0.571. The Hall–Kier alpha value is -2.15. The number of hydrogen-bond donors (Lipinski definition) is 3. The van der Waals surface area contributed by atoms with E-state index in [0.29, 0.717) is 12.4 Å². The highest BCUT2D eigenvalue weighted by molar-refractivity contribution is 9.10. The van der Waals surface area contributed by atoms with Gasteiger partial charge in [-0.3, -0.25) is 15.1 Å². The number of rotatable bonds is 3. The number of nitrogen functional groups attached to an aromatic ring is 1. The summed E-state index contributed by atoms with van der Waals surface area (Å²) in [4.78, 5) is 8.67. The van der Waals surface area contributed by atoms with Crippen molar-refractivity contribution in [2.24, 2.45) is 0 Å². The van der Waals surface area contributed by atoms with E-state index >= 15 is 0 Å². The zero-order valence-corrected chi connectivity index (χ0v) is 11.5. The fourth-order valence-electron chi connectivity index (χ4n) is 1.80. The number of nitrogens with one attached hydrogen (secondary N) is 2. The average molecular weight is 319 g/mol. The summed E-state index contributed by atoms with van der Waals surface area (Å²) in [6, 6.07) is 3.82. The van der Waals surface area contributed by atoms with Crippen LogP contribution in [0.3, 0.4) is 0 Å². The lowest BCUT2D eigenvalue weighted by Crippen LogP contribution is -2.02. The molecule has 0 aliphatic heterocycles. The molecule has 0 radical (unpaired) electrons. The van der Waals surface area contributed by atoms with Crippen LogP contribution in [0.2, 0.25) is 0 Å². The highest BCUT2D eigenvalue weighted by Crippen LogP contribution is 2.22. The molecule has 0 bridgehead atoms. The van der Waals surface area contributed by atoms with E-state index in [4.69, 9.17) is 5.73 Å². The molecule has 6 nitrogen and oxygen atoms in total. The first-order chi connectivity index (χ1) is 9.24. The first kappa shape index (κ1) is 11.9. The van der Waals surface area contributed by atoms with Crippen LogP contribution < -0.4 is 11.1 Å². The van der Waals surface area contributed by atoms with Gasteiger partial charge in [0, 0.05) is 29.0 Å². The number of nitrogens with two attached hydrogens (primary N) is 1. The summed E-state index contributed by atoms with van der Waals surface area (Å²) in [6.45, 7) is 0.583. The molecule has 0 amide bonds. The molecule has 0 aliphatic rings. The molecule has 0 saturated heterocycles. The van der Waals surface area contributed by atoms with Crippen molar-refractivity contribution in [1.29, 1.82) is 0 Å². The third-order valence-electron chi connectivity index (χ3n) is 2.76. The summed E-state index contributed by atoms with van der Waals surface area (Å²) in [5.41, 5.74) is 9.24. The number of fused-ring (bicyclic) bond motifs is 1. The van der Waals surface area contributed by atoms with Crippen LogP contribution in [0.5, 0.6) is 0 Å². The van der Waals surface area contributed by atoms with Gasteiger partial charge in [0.1, 0.15) is 11.3 Å². The van der Waals surface area contributed by atoms with E-state index in [-0.39, 0.29) is 0 Å². The molecule has 19 heavy (non-hydrogen) atoms. The van der Waals surface area contributed by atoms with Gasteiger partial charge in [-0.15, -0.1) is 0 Å². The van der Waals surface area contributed by atoms with Gasteiger partial charge in [0.2, 0.25) is 0 Å². The maximum atomic E-state index is 5.74. The largest absolute Gasteiger partial charge is 0.384 e. The lowest BCUT2D eigenvalue weighted by molar-refractivity contribution is 1.10. The zero-order valence-electron chi connectivity index (χ0n) is 9.89. The van der Waals surface area contributed by atoms with Crippen LogP contribution in [0, 0.1) is 0 Å². The normalized spacial score (nSPS) is 10.8. The number of halogens is 1. The zero-order chi connectivity index (χ0) is 13.2. The minimum atomic E-state index is 0.571. The predicted molar refractivity (Wildman–Crippen MR) is 77.6 cm³/mol. The number of nitrogens with zero attached hydrogens (tertiary/aromatic N) is 3. The Morgan fingerprint density at radius 2 is 2.21 bits per heavy atom. The highest BCUT2D eigenvalue weighted by atomic mass is 79.9. The van der Waals surface area contributed by atoms with Crippen molar-refractivity contribution in [2.45, 2.75) is 6.54 Å². The average Bonchev–Trinajstić information content (AvgIpc) is 2.81. The molecule has 3 heterocycles. The van der Waals surface area contributed by atoms with Crippen LogP contribution >= 0.6 is 15.9 Å². The fraction of sp³-hybridized carbons (Fsp3) is 0.0833. The molecule has 96 valence electrons. The third kappa shape index (κ3) is 2.37. The van der Waals surface area contributed by atoms with E-state index in [1.54, 1.807) is 18.6 Å². The van der Waals surface area contributed by atoms with Gasteiger partial charge in [-0.2, -0.15) is 5.10 Å². The summed E-state index contributed by atoms with van der Waals surface area (Å²) in [7, 11) is 0. The van der Waals surface area contributed by atoms with E-state index in [2.05, 4.69) is 41.4 Å². The molecular formula is C12H11BrN6. The lowest BCUT2D eigenvalue weighted by Gasteiger charge is -2.08. The van der Waals surface area contributed by atoms with Gasteiger partial charge >= 0.3 is 0 Å². The number of pyridine rings is 2. The summed E-state index contributed by atoms with van der Waals surface area (Å²) < 4.78 is 0.906. The van der Waals surface area contributed by atoms with E-state index in [0.717, 1.165) is 26.8 Å². The van der Waals surface area contributed by atoms with E-state index in [9.17, 15) is 0 Å².